The van der Waals surface area contributed by atoms with E-state index in [0.717, 1.165) is 18.7 Å². The minimum atomic E-state index is -0.323. The van der Waals surface area contributed by atoms with Gasteiger partial charge in [-0.15, -0.1) is 0 Å². The van der Waals surface area contributed by atoms with E-state index in [1.807, 2.05) is 19.1 Å². The summed E-state index contributed by atoms with van der Waals surface area (Å²) in [4.78, 5) is 29.1. The van der Waals surface area contributed by atoms with E-state index in [2.05, 4.69) is 42.3 Å². The van der Waals surface area contributed by atoms with Gasteiger partial charge < -0.3 is 19.9 Å². The van der Waals surface area contributed by atoms with E-state index < -0.39 is 0 Å². The minimum Gasteiger partial charge on any atom is -0.495 e. The average Bonchev–Trinajstić information content (AvgIpc) is 2.70. The van der Waals surface area contributed by atoms with Crippen molar-refractivity contribution in [2.24, 2.45) is 0 Å². The molecule has 3 rings (SSSR count). The number of carbonyl (C=O) groups is 2. The molecule has 1 saturated heterocycles. The zero-order valence-corrected chi connectivity index (χ0v) is 17.6. The maximum absolute atomic E-state index is 12.6. The second kappa shape index (κ2) is 8.99. The Hall–Kier alpha value is -3.02. The van der Waals surface area contributed by atoms with E-state index in [1.165, 1.54) is 16.8 Å². The molecule has 1 heterocycles. The van der Waals surface area contributed by atoms with Crippen LogP contribution in [0.3, 0.4) is 0 Å². The van der Waals surface area contributed by atoms with Crippen LogP contribution < -0.4 is 15.0 Å². The predicted molar refractivity (Wildman–Crippen MR) is 116 cm³/mol. The van der Waals surface area contributed by atoms with Gasteiger partial charge in [0, 0.05) is 31.9 Å². The van der Waals surface area contributed by atoms with Crippen molar-refractivity contribution in [3.8, 4) is 5.75 Å². The molecule has 6 nitrogen and oxygen atoms in total. The van der Waals surface area contributed by atoms with E-state index in [0.29, 0.717) is 24.5 Å². The number of piperazine rings is 1. The molecule has 0 atom stereocenters. The summed E-state index contributed by atoms with van der Waals surface area (Å²) in [5, 5.41) is 2.80. The van der Waals surface area contributed by atoms with Gasteiger partial charge in [0.2, 0.25) is 11.8 Å². The summed E-state index contributed by atoms with van der Waals surface area (Å²) in [5.41, 5.74) is 5.37. The molecule has 2 aromatic rings. The Bertz CT molecular complexity index is 902. The Balaban J connectivity index is 1.55. The van der Waals surface area contributed by atoms with E-state index in [9.17, 15) is 9.59 Å². The van der Waals surface area contributed by atoms with Gasteiger partial charge in [-0.05, 0) is 55.7 Å². The Morgan fingerprint density at radius 2 is 1.76 bits per heavy atom. The Morgan fingerprint density at radius 1 is 1.03 bits per heavy atom. The second-order valence-corrected chi connectivity index (χ2v) is 7.52. The molecule has 2 aromatic carbocycles. The highest BCUT2D eigenvalue weighted by Crippen LogP contribution is 2.26. The molecule has 1 aliphatic heterocycles. The number of ether oxygens (including phenoxy) is 1. The first kappa shape index (κ1) is 20.7. The molecule has 0 spiro atoms. The zero-order chi connectivity index (χ0) is 21.0. The quantitative estimate of drug-likeness (QED) is 0.789. The lowest BCUT2D eigenvalue weighted by Crippen LogP contribution is -2.49. The molecule has 0 aliphatic carbocycles. The molecule has 154 valence electrons. The lowest BCUT2D eigenvalue weighted by atomic mass is 10.1. The Labute approximate surface area is 172 Å². The number of carbonyl (C=O) groups excluding carboxylic acids is 2. The molecule has 0 radical (unpaired) electrons. The van der Waals surface area contributed by atoms with Gasteiger partial charge in [-0.3, -0.25) is 9.59 Å². The van der Waals surface area contributed by atoms with Crippen LogP contribution in [-0.2, 0) is 9.59 Å². The highest BCUT2D eigenvalue weighted by atomic mass is 16.5. The van der Waals surface area contributed by atoms with Crippen molar-refractivity contribution < 1.29 is 14.3 Å². The van der Waals surface area contributed by atoms with Crippen LogP contribution in [0, 0.1) is 20.8 Å². The number of amides is 2. The van der Waals surface area contributed by atoms with Crippen molar-refractivity contribution in [3.63, 3.8) is 0 Å². The third-order valence-electron chi connectivity index (χ3n) is 5.49. The van der Waals surface area contributed by atoms with Crippen LogP contribution >= 0.6 is 0 Å². The summed E-state index contributed by atoms with van der Waals surface area (Å²) < 4.78 is 5.28. The van der Waals surface area contributed by atoms with E-state index >= 15 is 0 Å². The van der Waals surface area contributed by atoms with Crippen molar-refractivity contribution in [3.05, 3.63) is 53.1 Å². The van der Waals surface area contributed by atoms with Crippen LogP contribution in [0.2, 0.25) is 0 Å². The maximum Gasteiger partial charge on any atom is 0.233 e. The first-order valence-corrected chi connectivity index (χ1v) is 9.92. The molecule has 1 fully saturated rings. The molecule has 2 amide bonds. The normalized spacial score (nSPS) is 13.9. The van der Waals surface area contributed by atoms with Crippen LogP contribution in [0.4, 0.5) is 11.4 Å². The van der Waals surface area contributed by atoms with Crippen molar-refractivity contribution in [1.29, 1.82) is 0 Å². The third kappa shape index (κ3) is 4.88. The minimum absolute atomic E-state index is 0.144. The molecular weight excluding hydrogens is 366 g/mol. The largest absolute Gasteiger partial charge is 0.495 e. The summed E-state index contributed by atoms with van der Waals surface area (Å²) in [5.74, 6) is 0.115. The predicted octanol–water partition coefficient (Wildman–Crippen LogP) is 3.30. The summed E-state index contributed by atoms with van der Waals surface area (Å²) in [6.07, 6.45) is -0.166. The SMILES string of the molecule is COc1ccc(C)cc1NC(=O)CC(=O)N1CCN(c2cccc(C)c2C)CC1. The topological polar surface area (TPSA) is 61.9 Å². The van der Waals surface area contributed by atoms with Crippen LogP contribution in [0.25, 0.3) is 0 Å². The summed E-state index contributed by atoms with van der Waals surface area (Å²) in [7, 11) is 1.56. The number of hydrogen-bond acceptors (Lipinski definition) is 4. The number of benzene rings is 2. The number of nitrogens with one attached hydrogen (secondary N) is 1. The lowest BCUT2D eigenvalue weighted by Gasteiger charge is -2.37. The monoisotopic (exact) mass is 395 g/mol. The second-order valence-electron chi connectivity index (χ2n) is 7.52. The van der Waals surface area contributed by atoms with Crippen molar-refractivity contribution in [2.75, 3.05) is 43.5 Å². The zero-order valence-electron chi connectivity index (χ0n) is 17.6. The fourth-order valence-corrected chi connectivity index (χ4v) is 3.64. The van der Waals surface area contributed by atoms with Crippen LogP contribution in [0.15, 0.2) is 36.4 Å². The standard InChI is InChI=1S/C23H29N3O3/c1-16-8-9-21(29-4)19(14-16)24-22(27)15-23(28)26-12-10-25(11-13-26)20-7-5-6-17(2)18(20)3/h5-9,14H,10-13,15H2,1-4H3,(H,24,27). The Morgan fingerprint density at radius 3 is 2.45 bits per heavy atom. The van der Waals surface area contributed by atoms with Gasteiger partial charge in [-0.25, -0.2) is 0 Å². The third-order valence-corrected chi connectivity index (χ3v) is 5.49. The van der Waals surface area contributed by atoms with Gasteiger partial charge in [0.05, 0.1) is 12.8 Å². The van der Waals surface area contributed by atoms with Crippen molar-refractivity contribution >= 4 is 23.2 Å². The van der Waals surface area contributed by atoms with Crippen LogP contribution in [0.1, 0.15) is 23.1 Å². The van der Waals surface area contributed by atoms with E-state index in [1.54, 1.807) is 18.1 Å². The fraction of sp³-hybridized carbons (Fsp3) is 0.391. The number of hydrogen-bond donors (Lipinski definition) is 1. The molecule has 0 aromatic heterocycles. The van der Waals surface area contributed by atoms with Gasteiger partial charge in [0.25, 0.3) is 0 Å². The van der Waals surface area contributed by atoms with Gasteiger partial charge in [0.1, 0.15) is 12.2 Å². The van der Waals surface area contributed by atoms with Crippen molar-refractivity contribution in [1.82, 2.24) is 4.90 Å². The molecule has 6 heteroatoms. The smallest absolute Gasteiger partial charge is 0.233 e. The molecular formula is C23H29N3O3. The number of rotatable bonds is 5. The van der Waals surface area contributed by atoms with Crippen LogP contribution in [0.5, 0.6) is 5.75 Å². The van der Waals surface area contributed by atoms with E-state index in [-0.39, 0.29) is 18.2 Å². The highest BCUT2D eigenvalue weighted by molar-refractivity contribution is 6.04. The summed E-state index contributed by atoms with van der Waals surface area (Å²) in [6.45, 7) is 8.95. The van der Waals surface area contributed by atoms with Crippen molar-refractivity contribution in [2.45, 2.75) is 27.2 Å². The van der Waals surface area contributed by atoms with Crippen LogP contribution in [-0.4, -0.2) is 50.0 Å². The first-order chi connectivity index (χ1) is 13.9. The Kier molecular flexibility index (Phi) is 6.42. The van der Waals surface area contributed by atoms with Gasteiger partial charge in [-0.1, -0.05) is 18.2 Å². The number of anilines is 2. The number of aryl methyl sites for hydroxylation is 2. The average molecular weight is 396 g/mol. The van der Waals surface area contributed by atoms with E-state index in [4.69, 9.17) is 4.74 Å². The highest BCUT2D eigenvalue weighted by Gasteiger charge is 2.24. The fourth-order valence-electron chi connectivity index (χ4n) is 3.64. The summed E-state index contributed by atoms with van der Waals surface area (Å²) >= 11 is 0. The van der Waals surface area contributed by atoms with Gasteiger partial charge >= 0.3 is 0 Å². The molecule has 29 heavy (non-hydrogen) atoms. The number of nitrogens with zero attached hydrogens (tertiary/aromatic N) is 2. The summed E-state index contributed by atoms with van der Waals surface area (Å²) in [6, 6.07) is 11.9. The first-order valence-electron chi connectivity index (χ1n) is 9.92. The van der Waals surface area contributed by atoms with Gasteiger partial charge in [0.15, 0.2) is 0 Å². The molecule has 0 unspecified atom stereocenters. The van der Waals surface area contributed by atoms with Gasteiger partial charge in [-0.2, -0.15) is 0 Å². The lowest BCUT2D eigenvalue weighted by molar-refractivity contribution is -0.134. The molecule has 1 N–H and O–H groups in total. The molecule has 1 aliphatic rings. The number of methoxy groups -OCH3 is 1. The molecule has 0 saturated carbocycles. The maximum atomic E-state index is 12.6. The molecule has 0 bridgehead atoms.